The fraction of sp³-hybridized carbons (Fsp3) is 0.333. The van der Waals surface area contributed by atoms with E-state index in [2.05, 4.69) is 15.0 Å². The standard InChI is InChI=1S/C9H10N4OS/c1-15-9-7-8(10-5-11-9)12-6-13(7)3-2-4-14/h4-6H,2-3H2,1H3. The summed E-state index contributed by atoms with van der Waals surface area (Å²) in [5.74, 6) is 0. The number of rotatable bonds is 4. The molecule has 0 radical (unpaired) electrons. The van der Waals surface area contributed by atoms with Crippen molar-refractivity contribution in [3.05, 3.63) is 12.7 Å². The highest BCUT2D eigenvalue weighted by molar-refractivity contribution is 7.98. The molecule has 0 saturated carbocycles. The molecule has 2 aromatic heterocycles. The third-order valence-corrected chi connectivity index (χ3v) is 2.74. The molecule has 0 N–H and O–H groups in total. The van der Waals surface area contributed by atoms with Crippen LogP contribution in [0.3, 0.4) is 0 Å². The van der Waals surface area contributed by atoms with Gasteiger partial charge in [-0.05, 0) is 6.26 Å². The molecule has 0 spiro atoms. The van der Waals surface area contributed by atoms with Crippen molar-refractivity contribution in [3.8, 4) is 0 Å². The molecule has 0 fully saturated rings. The van der Waals surface area contributed by atoms with Gasteiger partial charge in [0.2, 0.25) is 0 Å². The number of carbonyl (C=O) groups excluding carboxylic acids is 1. The summed E-state index contributed by atoms with van der Waals surface area (Å²) in [6.07, 6.45) is 6.54. The van der Waals surface area contributed by atoms with Gasteiger partial charge in [0.25, 0.3) is 0 Å². The van der Waals surface area contributed by atoms with Crippen LogP contribution in [0.15, 0.2) is 17.7 Å². The van der Waals surface area contributed by atoms with Gasteiger partial charge < -0.3 is 9.36 Å². The third-order valence-electron chi connectivity index (χ3n) is 2.06. The number of thioether (sulfide) groups is 1. The van der Waals surface area contributed by atoms with Crippen LogP contribution in [0.2, 0.25) is 0 Å². The summed E-state index contributed by atoms with van der Waals surface area (Å²) in [6.45, 7) is 0.626. The van der Waals surface area contributed by atoms with Crippen molar-refractivity contribution in [1.82, 2.24) is 19.5 Å². The van der Waals surface area contributed by atoms with E-state index in [1.807, 2.05) is 10.8 Å². The van der Waals surface area contributed by atoms with Gasteiger partial charge >= 0.3 is 0 Å². The largest absolute Gasteiger partial charge is 0.327 e. The van der Waals surface area contributed by atoms with E-state index in [9.17, 15) is 4.79 Å². The summed E-state index contributed by atoms with van der Waals surface area (Å²) in [5.41, 5.74) is 1.59. The molecule has 2 aromatic rings. The van der Waals surface area contributed by atoms with Gasteiger partial charge in [-0.2, -0.15) is 0 Å². The number of nitrogens with zero attached hydrogens (tertiary/aromatic N) is 4. The Bertz CT molecular complexity index is 482. The second kappa shape index (κ2) is 4.39. The van der Waals surface area contributed by atoms with E-state index < -0.39 is 0 Å². The van der Waals surface area contributed by atoms with Crippen LogP contribution in [-0.2, 0) is 11.3 Å². The highest BCUT2D eigenvalue weighted by atomic mass is 32.2. The SMILES string of the molecule is CSc1ncnc2ncn(CCC=O)c12. The van der Waals surface area contributed by atoms with Crippen molar-refractivity contribution in [2.45, 2.75) is 18.0 Å². The van der Waals surface area contributed by atoms with E-state index in [0.29, 0.717) is 18.6 Å². The van der Waals surface area contributed by atoms with Crippen molar-refractivity contribution >= 4 is 29.2 Å². The summed E-state index contributed by atoms with van der Waals surface area (Å²) in [6, 6.07) is 0. The maximum absolute atomic E-state index is 10.3. The molecule has 0 aromatic carbocycles. The molecule has 0 saturated heterocycles. The van der Waals surface area contributed by atoms with Crippen molar-refractivity contribution in [2.75, 3.05) is 6.26 Å². The third kappa shape index (κ3) is 1.85. The van der Waals surface area contributed by atoms with Crippen LogP contribution in [0.4, 0.5) is 0 Å². The molecule has 0 amide bonds. The zero-order valence-electron chi connectivity index (χ0n) is 8.25. The first-order valence-electron chi connectivity index (χ1n) is 4.50. The average molecular weight is 222 g/mol. The van der Waals surface area contributed by atoms with E-state index in [4.69, 9.17) is 0 Å². The lowest BCUT2D eigenvalue weighted by molar-refractivity contribution is -0.108. The molecule has 0 aliphatic heterocycles. The van der Waals surface area contributed by atoms with E-state index in [0.717, 1.165) is 16.8 Å². The Morgan fingerprint density at radius 1 is 1.47 bits per heavy atom. The summed E-state index contributed by atoms with van der Waals surface area (Å²) in [5, 5.41) is 0.892. The summed E-state index contributed by atoms with van der Waals surface area (Å²) >= 11 is 1.55. The number of hydrogen-bond donors (Lipinski definition) is 0. The van der Waals surface area contributed by atoms with Gasteiger partial charge in [0.1, 0.15) is 23.2 Å². The van der Waals surface area contributed by atoms with Gasteiger partial charge in [-0.1, -0.05) is 0 Å². The molecule has 6 heteroatoms. The van der Waals surface area contributed by atoms with Crippen LogP contribution in [0, 0.1) is 0 Å². The Morgan fingerprint density at radius 2 is 2.33 bits per heavy atom. The van der Waals surface area contributed by atoms with Crippen LogP contribution in [-0.4, -0.2) is 32.1 Å². The molecule has 15 heavy (non-hydrogen) atoms. The van der Waals surface area contributed by atoms with E-state index >= 15 is 0 Å². The van der Waals surface area contributed by atoms with Crippen LogP contribution >= 0.6 is 11.8 Å². The molecule has 2 rings (SSSR count). The van der Waals surface area contributed by atoms with Crippen molar-refractivity contribution in [3.63, 3.8) is 0 Å². The molecule has 78 valence electrons. The van der Waals surface area contributed by atoms with Crippen LogP contribution in [0.25, 0.3) is 11.2 Å². The van der Waals surface area contributed by atoms with Crippen LogP contribution in [0.5, 0.6) is 0 Å². The highest BCUT2D eigenvalue weighted by Crippen LogP contribution is 2.21. The number of carbonyl (C=O) groups is 1. The smallest absolute Gasteiger partial charge is 0.181 e. The van der Waals surface area contributed by atoms with Crippen molar-refractivity contribution in [1.29, 1.82) is 0 Å². The van der Waals surface area contributed by atoms with Gasteiger partial charge in [-0.15, -0.1) is 11.8 Å². The second-order valence-corrected chi connectivity index (χ2v) is 3.74. The fourth-order valence-electron chi connectivity index (χ4n) is 1.39. The Kier molecular flexibility index (Phi) is 2.96. The van der Waals surface area contributed by atoms with Gasteiger partial charge in [0.05, 0.1) is 6.33 Å². The Balaban J connectivity index is 2.50. The molecule has 2 heterocycles. The lowest BCUT2D eigenvalue weighted by Gasteiger charge is -2.02. The Labute approximate surface area is 90.9 Å². The Hall–Kier alpha value is -1.43. The first-order chi connectivity index (χ1) is 7.36. The quantitative estimate of drug-likeness (QED) is 0.441. The molecular formula is C9H10N4OS. The minimum absolute atomic E-state index is 0.480. The normalized spacial score (nSPS) is 10.7. The number of aldehydes is 1. The molecule has 0 atom stereocenters. The number of imidazole rings is 1. The minimum Gasteiger partial charge on any atom is -0.327 e. The molecule has 0 aliphatic rings. The zero-order valence-corrected chi connectivity index (χ0v) is 9.07. The first-order valence-corrected chi connectivity index (χ1v) is 5.72. The van der Waals surface area contributed by atoms with Gasteiger partial charge in [0, 0.05) is 13.0 Å². The monoisotopic (exact) mass is 222 g/mol. The fourth-order valence-corrected chi connectivity index (χ4v) is 1.95. The van der Waals surface area contributed by atoms with E-state index in [1.54, 1.807) is 18.1 Å². The molecule has 0 aliphatic carbocycles. The number of aromatic nitrogens is 4. The van der Waals surface area contributed by atoms with Crippen LogP contribution in [0.1, 0.15) is 6.42 Å². The highest BCUT2D eigenvalue weighted by Gasteiger charge is 2.08. The summed E-state index contributed by atoms with van der Waals surface area (Å²) in [4.78, 5) is 22.7. The van der Waals surface area contributed by atoms with Crippen LogP contribution < -0.4 is 0 Å². The zero-order chi connectivity index (χ0) is 10.7. The molecule has 0 bridgehead atoms. The predicted molar refractivity (Wildman–Crippen MR) is 57.8 cm³/mol. The predicted octanol–water partition coefficient (Wildman–Crippen LogP) is 1.14. The number of hydrogen-bond acceptors (Lipinski definition) is 5. The molecule has 0 unspecified atom stereocenters. The van der Waals surface area contributed by atoms with E-state index in [-0.39, 0.29) is 0 Å². The van der Waals surface area contributed by atoms with Crippen molar-refractivity contribution in [2.24, 2.45) is 0 Å². The van der Waals surface area contributed by atoms with E-state index in [1.165, 1.54) is 6.33 Å². The lowest BCUT2D eigenvalue weighted by Crippen LogP contribution is -1.98. The summed E-state index contributed by atoms with van der Waals surface area (Å²) in [7, 11) is 0. The first kappa shape index (κ1) is 10.1. The topological polar surface area (TPSA) is 60.7 Å². The summed E-state index contributed by atoms with van der Waals surface area (Å²) < 4.78 is 1.91. The van der Waals surface area contributed by atoms with Gasteiger partial charge in [0.15, 0.2) is 5.65 Å². The van der Waals surface area contributed by atoms with Gasteiger partial charge in [-0.25, -0.2) is 15.0 Å². The van der Waals surface area contributed by atoms with Gasteiger partial charge in [-0.3, -0.25) is 0 Å². The Morgan fingerprint density at radius 3 is 3.07 bits per heavy atom. The number of fused-ring (bicyclic) bond motifs is 1. The second-order valence-electron chi connectivity index (χ2n) is 2.95. The molecule has 5 nitrogen and oxygen atoms in total. The maximum Gasteiger partial charge on any atom is 0.181 e. The lowest BCUT2D eigenvalue weighted by atomic mass is 10.4. The molecular weight excluding hydrogens is 212 g/mol. The number of aryl methyl sites for hydroxylation is 1. The maximum atomic E-state index is 10.3. The minimum atomic E-state index is 0.480. The van der Waals surface area contributed by atoms with Crippen molar-refractivity contribution < 1.29 is 4.79 Å². The average Bonchev–Trinajstić information content (AvgIpc) is 2.69.